The van der Waals surface area contributed by atoms with Crippen molar-refractivity contribution >= 4 is 23.1 Å². The standard InChI is InChI=1S/C23H25N9O3/c24-21(33)20-17(13-31(29-20)14-4-3-5-14)28-23(34)15-12-26-30-10-8-16(27-22(15)30)18-7-9-25-32(18)19-6-1-2-11-35-19/h7-10,12-14,19H,1-6,11H2,(H2,24,33)(H,28,34). The zero-order valence-corrected chi connectivity index (χ0v) is 19.0. The van der Waals surface area contributed by atoms with Gasteiger partial charge in [-0.1, -0.05) is 0 Å². The third-order valence-electron chi connectivity index (χ3n) is 6.64. The van der Waals surface area contributed by atoms with E-state index in [0.717, 1.165) is 44.2 Å². The van der Waals surface area contributed by atoms with E-state index in [9.17, 15) is 9.59 Å². The van der Waals surface area contributed by atoms with Crippen LogP contribution in [0.1, 0.15) is 71.6 Å². The zero-order valence-electron chi connectivity index (χ0n) is 19.0. The molecule has 1 unspecified atom stereocenters. The van der Waals surface area contributed by atoms with Gasteiger partial charge < -0.3 is 15.8 Å². The van der Waals surface area contributed by atoms with Crippen LogP contribution in [0.4, 0.5) is 5.69 Å². The summed E-state index contributed by atoms with van der Waals surface area (Å²) in [7, 11) is 0. The van der Waals surface area contributed by atoms with Crippen molar-refractivity contribution in [2.75, 3.05) is 11.9 Å². The van der Waals surface area contributed by atoms with Crippen molar-refractivity contribution in [1.29, 1.82) is 0 Å². The van der Waals surface area contributed by atoms with Crippen LogP contribution in [0.25, 0.3) is 17.0 Å². The molecule has 12 nitrogen and oxygen atoms in total. The van der Waals surface area contributed by atoms with Crippen LogP contribution in [-0.4, -0.2) is 52.6 Å². The summed E-state index contributed by atoms with van der Waals surface area (Å²) in [5, 5.41) is 15.8. The van der Waals surface area contributed by atoms with Crippen LogP contribution in [0.2, 0.25) is 0 Å². The zero-order chi connectivity index (χ0) is 23.9. The summed E-state index contributed by atoms with van der Waals surface area (Å²) < 4.78 is 11.0. The maximum Gasteiger partial charge on any atom is 0.271 e. The number of ether oxygens (including phenoxy) is 1. The van der Waals surface area contributed by atoms with Gasteiger partial charge in [0, 0.05) is 25.2 Å². The molecule has 1 atom stereocenters. The number of anilines is 1. The summed E-state index contributed by atoms with van der Waals surface area (Å²) >= 11 is 0. The van der Waals surface area contributed by atoms with Gasteiger partial charge in [0.05, 0.1) is 29.3 Å². The van der Waals surface area contributed by atoms with E-state index in [2.05, 4.69) is 20.6 Å². The lowest BCUT2D eigenvalue weighted by Gasteiger charge is -2.25. The molecule has 6 rings (SSSR count). The van der Waals surface area contributed by atoms with Crippen LogP contribution < -0.4 is 11.1 Å². The number of hydrogen-bond donors (Lipinski definition) is 2. The van der Waals surface area contributed by atoms with Gasteiger partial charge in [-0.3, -0.25) is 14.3 Å². The summed E-state index contributed by atoms with van der Waals surface area (Å²) in [6.07, 6.45) is 12.5. The van der Waals surface area contributed by atoms with Gasteiger partial charge in [0.25, 0.3) is 11.8 Å². The minimum absolute atomic E-state index is 0.0340. The second-order valence-electron chi connectivity index (χ2n) is 8.90. The fourth-order valence-corrected chi connectivity index (χ4v) is 4.53. The highest BCUT2D eigenvalue weighted by Gasteiger charge is 2.26. The quantitative estimate of drug-likeness (QED) is 0.435. The maximum atomic E-state index is 13.2. The highest BCUT2D eigenvalue weighted by Crippen LogP contribution is 2.32. The molecule has 0 spiro atoms. The van der Waals surface area contributed by atoms with Gasteiger partial charge in [0.15, 0.2) is 17.6 Å². The highest BCUT2D eigenvalue weighted by atomic mass is 16.5. The monoisotopic (exact) mass is 475 g/mol. The number of hydrogen-bond acceptors (Lipinski definition) is 7. The minimum Gasteiger partial charge on any atom is -0.364 e. The molecule has 1 saturated heterocycles. The second kappa shape index (κ2) is 8.62. The molecule has 12 heteroatoms. The number of nitrogens with two attached hydrogens (primary N) is 1. The van der Waals surface area contributed by atoms with Crippen molar-refractivity contribution in [3.05, 3.63) is 48.2 Å². The molecule has 180 valence electrons. The Kier molecular flexibility index (Phi) is 5.29. The first kappa shape index (κ1) is 21.5. The molecule has 2 fully saturated rings. The van der Waals surface area contributed by atoms with Crippen molar-refractivity contribution in [3.63, 3.8) is 0 Å². The lowest BCUT2D eigenvalue weighted by atomic mass is 9.93. The largest absolute Gasteiger partial charge is 0.364 e. The molecule has 1 aliphatic heterocycles. The topological polar surface area (TPSA) is 147 Å². The Hall–Kier alpha value is -4.06. The van der Waals surface area contributed by atoms with Crippen LogP contribution in [-0.2, 0) is 4.74 Å². The first-order valence-electron chi connectivity index (χ1n) is 11.8. The predicted octanol–water partition coefficient (Wildman–Crippen LogP) is 2.56. The number of nitrogens with zero attached hydrogens (tertiary/aromatic N) is 7. The van der Waals surface area contributed by atoms with E-state index in [0.29, 0.717) is 17.9 Å². The van der Waals surface area contributed by atoms with Gasteiger partial charge in [-0.2, -0.15) is 15.3 Å². The Bertz CT molecular complexity index is 1410. The third-order valence-corrected chi connectivity index (χ3v) is 6.64. The van der Waals surface area contributed by atoms with Crippen molar-refractivity contribution < 1.29 is 14.3 Å². The number of amides is 2. The molecule has 35 heavy (non-hydrogen) atoms. The number of primary amides is 1. The van der Waals surface area contributed by atoms with Crippen molar-refractivity contribution in [2.45, 2.75) is 50.8 Å². The van der Waals surface area contributed by atoms with E-state index < -0.39 is 11.8 Å². The van der Waals surface area contributed by atoms with Gasteiger partial charge in [0.2, 0.25) is 0 Å². The molecule has 1 saturated carbocycles. The summed E-state index contributed by atoms with van der Waals surface area (Å²) in [6.45, 7) is 0.702. The Balaban J connectivity index is 1.31. The van der Waals surface area contributed by atoms with E-state index in [1.54, 1.807) is 23.3 Å². The fraction of sp³-hybridized carbons (Fsp3) is 0.391. The number of carbonyl (C=O) groups excluding carboxylic acids is 2. The molecule has 4 aromatic rings. The number of rotatable bonds is 6. The summed E-state index contributed by atoms with van der Waals surface area (Å²) in [4.78, 5) is 29.9. The molecule has 5 heterocycles. The van der Waals surface area contributed by atoms with Crippen LogP contribution in [0.15, 0.2) is 36.9 Å². The van der Waals surface area contributed by atoms with Gasteiger partial charge in [-0.25, -0.2) is 14.2 Å². The minimum atomic E-state index is -0.697. The third kappa shape index (κ3) is 3.85. The Morgan fingerprint density at radius 3 is 2.74 bits per heavy atom. The Morgan fingerprint density at radius 1 is 1.11 bits per heavy atom. The van der Waals surface area contributed by atoms with Crippen molar-refractivity contribution in [3.8, 4) is 11.4 Å². The first-order valence-corrected chi connectivity index (χ1v) is 11.8. The Morgan fingerprint density at radius 2 is 2.00 bits per heavy atom. The van der Waals surface area contributed by atoms with E-state index >= 15 is 0 Å². The summed E-state index contributed by atoms with van der Waals surface area (Å²) in [5.74, 6) is -1.15. The average molecular weight is 476 g/mol. The SMILES string of the molecule is NC(=O)c1nn(C2CCC2)cc1NC(=O)c1cnn2ccc(-c3ccnn3C3CCCCO3)nc12. The highest BCUT2D eigenvalue weighted by molar-refractivity contribution is 6.10. The summed E-state index contributed by atoms with van der Waals surface area (Å²) in [6, 6.07) is 3.92. The number of fused-ring (bicyclic) bond motifs is 1. The van der Waals surface area contributed by atoms with Crippen molar-refractivity contribution in [2.24, 2.45) is 5.73 Å². The van der Waals surface area contributed by atoms with Gasteiger partial charge in [-0.05, 0) is 50.7 Å². The predicted molar refractivity (Wildman–Crippen MR) is 125 cm³/mol. The van der Waals surface area contributed by atoms with E-state index in [1.807, 2.05) is 16.8 Å². The molecule has 0 bridgehead atoms. The smallest absolute Gasteiger partial charge is 0.271 e. The molecule has 1 aliphatic carbocycles. The van der Waals surface area contributed by atoms with Gasteiger partial charge >= 0.3 is 0 Å². The maximum absolute atomic E-state index is 13.2. The average Bonchev–Trinajstić information content (AvgIpc) is 3.56. The van der Waals surface area contributed by atoms with E-state index in [-0.39, 0.29) is 29.2 Å². The molecule has 4 aromatic heterocycles. The molecule has 0 radical (unpaired) electrons. The van der Waals surface area contributed by atoms with Crippen LogP contribution in [0.5, 0.6) is 0 Å². The number of nitrogens with one attached hydrogen (secondary N) is 1. The van der Waals surface area contributed by atoms with Crippen LogP contribution >= 0.6 is 0 Å². The second-order valence-corrected chi connectivity index (χ2v) is 8.90. The molecule has 0 aromatic carbocycles. The molecule has 2 aliphatic rings. The number of aromatic nitrogens is 7. The lowest BCUT2D eigenvalue weighted by Crippen LogP contribution is -2.20. The van der Waals surface area contributed by atoms with E-state index in [4.69, 9.17) is 15.5 Å². The normalized spacial score (nSPS) is 18.5. The fourth-order valence-electron chi connectivity index (χ4n) is 4.53. The molecule has 3 N–H and O–H groups in total. The van der Waals surface area contributed by atoms with Gasteiger partial charge in [0.1, 0.15) is 5.56 Å². The lowest BCUT2D eigenvalue weighted by molar-refractivity contribution is -0.0384. The van der Waals surface area contributed by atoms with Crippen LogP contribution in [0.3, 0.4) is 0 Å². The summed E-state index contributed by atoms with van der Waals surface area (Å²) in [5.41, 5.74) is 7.90. The molecule has 2 amide bonds. The molecular weight excluding hydrogens is 450 g/mol. The van der Waals surface area contributed by atoms with Gasteiger partial charge in [-0.15, -0.1) is 0 Å². The van der Waals surface area contributed by atoms with Crippen LogP contribution in [0, 0.1) is 0 Å². The first-order chi connectivity index (χ1) is 17.1. The Labute approximate surface area is 200 Å². The van der Waals surface area contributed by atoms with Crippen molar-refractivity contribution in [1.82, 2.24) is 34.2 Å². The van der Waals surface area contributed by atoms with E-state index in [1.165, 1.54) is 10.7 Å². The number of carbonyl (C=O) groups is 2. The molecular formula is C23H25N9O3.